The van der Waals surface area contributed by atoms with Crippen molar-refractivity contribution in [1.29, 1.82) is 5.26 Å². The van der Waals surface area contributed by atoms with Gasteiger partial charge in [-0.2, -0.15) is 5.26 Å². The van der Waals surface area contributed by atoms with Crippen LogP contribution < -0.4 is 10.6 Å². The van der Waals surface area contributed by atoms with Gasteiger partial charge < -0.3 is 10.6 Å². The SMILES string of the molecule is N#Cc1c(NC(=O)CC2CCCN2)sc2c1CCC2. The Morgan fingerprint density at radius 3 is 3.11 bits per heavy atom. The van der Waals surface area contributed by atoms with Crippen molar-refractivity contribution in [2.45, 2.75) is 44.6 Å². The molecule has 1 aliphatic carbocycles. The predicted octanol–water partition coefficient (Wildman–Crippen LogP) is 2.19. The van der Waals surface area contributed by atoms with Gasteiger partial charge in [-0.1, -0.05) is 0 Å². The summed E-state index contributed by atoms with van der Waals surface area (Å²) in [5.41, 5.74) is 1.87. The van der Waals surface area contributed by atoms with E-state index >= 15 is 0 Å². The Bertz CT molecular complexity index is 538. The molecule has 1 aliphatic heterocycles. The molecule has 1 fully saturated rings. The number of hydrogen-bond donors (Lipinski definition) is 2. The third-order valence-corrected chi connectivity index (χ3v) is 5.09. The maximum Gasteiger partial charge on any atom is 0.226 e. The summed E-state index contributed by atoms with van der Waals surface area (Å²) in [6, 6.07) is 2.56. The molecule has 1 aromatic heterocycles. The van der Waals surface area contributed by atoms with E-state index in [4.69, 9.17) is 0 Å². The van der Waals surface area contributed by atoms with E-state index in [0.717, 1.165) is 43.6 Å². The van der Waals surface area contributed by atoms with Crippen LogP contribution in [0.15, 0.2) is 0 Å². The van der Waals surface area contributed by atoms with E-state index < -0.39 is 0 Å². The zero-order valence-corrected chi connectivity index (χ0v) is 11.6. The first kappa shape index (κ1) is 12.6. The zero-order chi connectivity index (χ0) is 13.2. The lowest BCUT2D eigenvalue weighted by Gasteiger charge is -2.09. The molecule has 0 bridgehead atoms. The first-order valence-corrected chi connectivity index (χ1v) is 7.67. The molecular formula is C14H17N3OS. The van der Waals surface area contributed by atoms with Crippen LogP contribution in [-0.2, 0) is 17.6 Å². The standard InChI is InChI=1S/C14H17N3OS/c15-8-11-10-4-1-5-12(10)19-14(11)17-13(18)7-9-3-2-6-16-9/h9,16H,1-7H2,(H,17,18). The summed E-state index contributed by atoms with van der Waals surface area (Å²) < 4.78 is 0. The molecule has 3 rings (SSSR count). The van der Waals surface area contributed by atoms with E-state index in [1.54, 1.807) is 11.3 Å². The zero-order valence-electron chi connectivity index (χ0n) is 10.8. The highest BCUT2D eigenvalue weighted by Crippen LogP contribution is 2.38. The average Bonchev–Trinajstić information content (AvgIpc) is 3.05. The van der Waals surface area contributed by atoms with E-state index in [2.05, 4.69) is 16.7 Å². The van der Waals surface area contributed by atoms with E-state index in [-0.39, 0.29) is 5.91 Å². The van der Waals surface area contributed by atoms with Gasteiger partial charge in [-0.15, -0.1) is 11.3 Å². The lowest BCUT2D eigenvalue weighted by atomic mass is 10.1. The minimum absolute atomic E-state index is 0.0239. The molecule has 19 heavy (non-hydrogen) atoms. The molecule has 2 aliphatic rings. The molecule has 1 amide bonds. The van der Waals surface area contributed by atoms with Crippen LogP contribution in [0, 0.1) is 11.3 Å². The molecule has 0 aromatic carbocycles. The van der Waals surface area contributed by atoms with Gasteiger partial charge in [-0.25, -0.2) is 0 Å². The van der Waals surface area contributed by atoms with Crippen molar-refractivity contribution in [3.63, 3.8) is 0 Å². The van der Waals surface area contributed by atoms with Gasteiger partial charge in [0.25, 0.3) is 0 Å². The highest BCUT2D eigenvalue weighted by molar-refractivity contribution is 7.16. The molecule has 1 atom stereocenters. The van der Waals surface area contributed by atoms with E-state index in [1.165, 1.54) is 10.4 Å². The molecule has 1 saturated heterocycles. The number of aryl methyl sites for hydroxylation is 1. The van der Waals surface area contributed by atoms with Gasteiger partial charge in [0.05, 0.1) is 5.56 Å². The quantitative estimate of drug-likeness (QED) is 0.888. The number of nitriles is 1. The van der Waals surface area contributed by atoms with Crippen LogP contribution in [0.5, 0.6) is 0 Å². The Hall–Kier alpha value is -1.38. The summed E-state index contributed by atoms with van der Waals surface area (Å²) in [7, 11) is 0. The van der Waals surface area contributed by atoms with Gasteiger partial charge in [-0.3, -0.25) is 4.79 Å². The summed E-state index contributed by atoms with van der Waals surface area (Å²) in [6.45, 7) is 1.01. The molecule has 0 saturated carbocycles. The van der Waals surface area contributed by atoms with Crippen LogP contribution in [-0.4, -0.2) is 18.5 Å². The minimum atomic E-state index is 0.0239. The largest absolute Gasteiger partial charge is 0.317 e. The normalized spacial score (nSPS) is 21.1. The van der Waals surface area contributed by atoms with Crippen molar-refractivity contribution in [1.82, 2.24) is 5.32 Å². The summed E-state index contributed by atoms with van der Waals surface area (Å²) in [4.78, 5) is 13.3. The number of rotatable bonds is 3. The second-order valence-electron chi connectivity index (χ2n) is 5.22. The Kier molecular flexibility index (Phi) is 3.54. The van der Waals surface area contributed by atoms with Crippen molar-refractivity contribution < 1.29 is 4.79 Å². The van der Waals surface area contributed by atoms with Crippen LogP contribution in [0.2, 0.25) is 0 Å². The summed E-state index contributed by atoms with van der Waals surface area (Å²) in [5, 5.41) is 16.3. The van der Waals surface area contributed by atoms with Gasteiger partial charge in [0, 0.05) is 17.3 Å². The monoisotopic (exact) mass is 275 g/mol. The van der Waals surface area contributed by atoms with Crippen molar-refractivity contribution in [2.75, 3.05) is 11.9 Å². The topological polar surface area (TPSA) is 64.9 Å². The van der Waals surface area contributed by atoms with Gasteiger partial charge in [0.2, 0.25) is 5.91 Å². The van der Waals surface area contributed by atoms with E-state index in [1.807, 2.05) is 0 Å². The van der Waals surface area contributed by atoms with Crippen LogP contribution in [0.25, 0.3) is 0 Å². The van der Waals surface area contributed by atoms with Crippen molar-refractivity contribution in [3.05, 3.63) is 16.0 Å². The Morgan fingerprint density at radius 1 is 1.47 bits per heavy atom. The van der Waals surface area contributed by atoms with Crippen LogP contribution in [0.4, 0.5) is 5.00 Å². The van der Waals surface area contributed by atoms with Crippen molar-refractivity contribution >= 4 is 22.2 Å². The number of fused-ring (bicyclic) bond motifs is 1. The third-order valence-electron chi connectivity index (χ3n) is 3.88. The number of carbonyl (C=O) groups excluding carboxylic acids is 1. The number of anilines is 1. The molecule has 1 unspecified atom stereocenters. The number of hydrogen-bond acceptors (Lipinski definition) is 4. The first-order chi connectivity index (χ1) is 9.28. The lowest BCUT2D eigenvalue weighted by Crippen LogP contribution is -2.27. The average molecular weight is 275 g/mol. The lowest BCUT2D eigenvalue weighted by molar-refractivity contribution is -0.116. The summed E-state index contributed by atoms with van der Waals surface area (Å²) in [5.74, 6) is 0.0239. The molecule has 4 nitrogen and oxygen atoms in total. The van der Waals surface area contributed by atoms with E-state index in [0.29, 0.717) is 18.0 Å². The fourth-order valence-electron chi connectivity index (χ4n) is 2.94. The summed E-state index contributed by atoms with van der Waals surface area (Å²) in [6.07, 6.45) is 5.89. The summed E-state index contributed by atoms with van der Waals surface area (Å²) >= 11 is 1.58. The van der Waals surface area contributed by atoms with E-state index in [9.17, 15) is 10.1 Å². The smallest absolute Gasteiger partial charge is 0.226 e. The Balaban J connectivity index is 1.69. The number of nitrogens with zero attached hydrogens (tertiary/aromatic N) is 1. The highest BCUT2D eigenvalue weighted by atomic mass is 32.1. The molecule has 100 valence electrons. The second-order valence-corrected chi connectivity index (χ2v) is 6.32. The molecule has 2 heterocycles. The van der Waals surface area contributed by atoms with Gasteiger partial charge in [0.1, 0.15) is 11.1 Å². The van der Waals surface area contributed by atoms with Gasteiger partial charge in [-0.05, 0) is 44.2 Å². The second kappa shape index (κ2) is 5.32. The third kappa shape index (κ3) is 2.51. The Morgan fingerprint density at radius 2 is 2.37 bits per heavy atom. The molecule has 2 N–H and O–H groups in total. The van der Waals surface area contributed by atoms with Crippen LogP contribution in [0.3, 0.4) is 0 Å². The van der Waals surface area contributed by atoms with Crippen molar-refractivity contribution in [3.8, 4) is 6.07 Å². The minimum Gasteiger partial charge on any atom is -0.317 e. The molecule has 5 heteroatoms. The van der Waals surface area contributed by atoms with Crippen molar-refractivity contribution in [2.24, 2.45) is 0 Å². The molecule has 1 aromatic rings. The Labute approximate surface area is 116 Å². The predicted molar refractivity (Wildman–Crippen MR) is 75.3 cm³/mol. The fourth-order valence-corrected chi connectivity index (χ4v) is 4.20. The molecule has 0 spiro atoms. The van der Waals surface area contributed by atoms with Gasteiger partial charge >= 0.3 is 0 Å². The maximum atomic E-state index is 12.0. The number of amides is 1. The number of nitrogens with one attached hydrogen (secondary N) is 2. The number of thiophene rings is 1. The first-order valence-electron chi connectivity index (χ1n) is 6.86. The molecule has 0 radical (unpaired) electrons. The number of carbonyl (C=O) groups is 1. The fraction of sp³-hybridized carbons (Fsp3) is 0.571. The van der Waals surface area contributed by atoms with Crippen LogP contribution >= 0.6 is 11.3 Å². The maximum absolute atomic E-state index is 12.0. The van der Waals surface area contributed by atoms with Gasteiger partial charge in [0.15, 0.2) is 0 Å². The highest BCUT2D eigenvalue weighted by Gasteiger charge is 2.24. The van der Waals surface area contributed by atoms with Crippen LogP contribution in [0.1, 0.15) is 41.7 Å². The molecular weight excluding hydrogens is 258 g/mol.